The third kappa shape index (κ3) is 5.56. The Bertz CT molecular complexity index is 372. The molecule has 0 rings (SSSR count). The fraction of sp³-hybridized carbons (Fsp3) is 0.625. The first-order chi connectivity index (χ1) is 6.18. The van der Waals surface area contributed by atoms with Crippen LogP contribution in [0.1, 0.15) is 20.8 Å². The summed E-state index contributed by atoms with van der Waals surface area (Å²) < 4.78 is 34.5. The van der Waals surface area contributed by atoms with Crippen molar-refractivity contribution in [1.82, 2.24) is 0 Å². The highest BCUT2D eigenvalue weighted by Gasteiger charge is 2.31. The van der Waals surface area contributed by atoms with Gasteiger partial charge in [-0.3, -0.25) is 9.35 Å². The average molecular weight is 220 g/mol. The van der Waals surface area contributed by atoms with Crippen molar-refractivity contribution in [2.24, 2.45) is 0 Å². The molecular formula is C8H12O5S. The summed E-state index contributed by atoms with van der Waals surface area (Å²) in [6.07, 6.45) is 0. The van der Waals surface area contributed by atoms with E-state index in [4.69, 9.17) is 9.29 Å². The summed E-state index contributed by atoms with van der Waals surface area (Å²) in [7, 11) is -4.23. The number of esters is 1. The Morgan fingerprint density at radius 2 is 2.07 bits per heavy atom. The molecule has 0 aromatic rings. The normalized spacial score (nSPS) is 14.9. The summed E-state index contributed by atoms with van der Waals surface area (Å²) in [6, 6.07) is 0. The van der Waals surface area contributed by atoms with E-state index in [-0.39, 0.29) is 0 Å². The zero-order chi connectivity index (χ0) is 11.4. The zero-order valence-electron chi connectivity index (χ0n) is 8.20. The van der Waals surface area contributed by atoms with Crippen molar-refractivity contribution in [3.63, 3.8) is 0 Å². The first kappa shape index (κ1) is 12.9. The van der Waals surface area contributed by atoms with E-state index in [1.165, 1.54) is 13.8 Å². The molecule has 0 saturated heterocycles. The molecule has 0 aliphatic heterocycles. The molecule has 0 aromatic heterocycles. The summed E-state index contributed by atoms with van der Waals surface area (Å²) in [5.74, 6) is 3.46. The molecule has 0 aliphatic rings. The van der Waals surface area contributed by atoms with E-state index in [1.807, 2.05) is 0 Å². The Kier molecular flexibility index (Phi) is 4.10. The maximum absolute atomic E-state index is 10.7. The van der Waals surface area contributed by atoms with Crippen LogP contribution in [0.25, 0.3) is 0 Å². The summed E-state index contributed by atoms with van der Waals surface area (Å²) in [4.78, 5) is 10.7. The molecule has 0 saturated carbocycles. The number of hydrogen-bond acceptors (Lipinski definition) is 4. The van der Waals surface area contributed by atoms with Crippen LogP contribution >= 0.6 is 0 Å². The van der Waals surface area contributed by atoms with E-state index < -0.39 is 27.4 Å². The second kappa shape index (κ2) is 4.44. The van der Waals surface area contributed by atoms with Crippen LogP contribution in [0.4, 0.5) is 0 Å². The lowest BCUT2D eigenvalue weighted by atomic mass is 10.1. The van der Waals surface area contributed by atoms with Crippen LogP contribution in [0.2, 0.25) is 0 Å². The molecule has 0 aromatic carbocycles. The van der Waals surface area contributed by atoms with Crippen LogP contribution in [-0.2, 0) is 19.6 Å². The van der Waals surface area contributed by atoms with Gasteiger partial charge in [-0.1, -0.05) is 5.92 Å². The fourth-order valence-corrected chi connectivity index (χ4v) is 1.85. The van der Waals surface area contributed by atoms with Gasteiger partial charge in [0.2, 0.25) is 0 Å². The van der Waals surface area contributed by atoms with Crippen LogP contribution in [0.5, 0.6) is 0 Å². The van der Waals surface area contributed by atoms with E-state index >= 15 is 0 Å². The molecule has 0 bridgehead atoms. The van der Waals surface area contributed by atoms with Gasteiger partial charge in [0.15, 0.2) is 5.60 Å². The smallest absolute Gasteiger partial charge is 0.304 e. The Labute approximate surface area is 83.2 Å². The van der Waals surface area contributed by atoms with Gasteiger partial charge >= 0.3 is 5.97 Å². The number of hydrogen-bond donors (Lipinski definition) is 1. The molecule has 1 unspecified atom stereocenters. The van der Waals surface area contributed by atoms with Crippen LogP contribution < -0.4 is 0 Å². The molecule has 14 heavy (non-hydrogen) atoms. The summed E-state index contributed by atoms with van der Waals surface area (Å²) in [6.45, 7) is 3.93. The number of ether oxygens (including phenoxy) is 1. The molecule has 6 heteroatoms. The quantitative estimate of drug-likeness (QED) is 0.418. The largest absolute Gasteiger partial charge is 0.445 e. The van der Waals surface area contributed by atoms with Crippen LogP contribution in [-0.4, -0.2) is 30.3 Å². The number of carbonyl (C=O) groups is 1. The van der Waals surface area contributed by atoms with Gasteiger partial charge in [0.1, 0.15) is 5.75 Å². The van der Waals surface area contributed by atoms with Gasteiger partial charge in [-0.15, -0.1) is 5.92 Å². The van der Waals surface area contributed by atoms with Crippen molar-refractivity contribution in [3.8, 4) is 11.8 Å². The number of carbonyl (C=O) groups excluding carboxylic acids is 1. The predicted octanol–water partition coefficient (Wildman–Crippen LogP) is 0.219. The van der Waals surface area contributed by atoms with Gasteiger partial charge in [0.25, 0.3) is 10.1 Å². The van der Waals surface area contributed by atoms with E-state index in [0.29, 0.717) is 0 Å². The van der Waals surface area contributed by atoms with E-state index in [2.05, 4.69) is 11.8 Å². The molecule has 0 spiro atoms. The Balaban J connectivity index is 4.88. The minimum absolute atomic E-state index is 0.654. The molecule has 0 fully saturated rings. The van der Waals surface area contributed by atoms with Gasteiger partial charge in [0, 0.05) is 6.92 Å². The van der Waals surface area contributed by atoms with E-state index in [0.717, 1.165) is 6.92 Å². The van der Waals surface area contributed by atoms with Crippen molar-refractivity contribution in [2.45, 2.75) is 26.4 Å². The second-order valence-electron chi connectivity index (χ2n) is 2.93. The third-order valence-electron chi connectivity index (χ3n) is 1.22. The summed E-state index contributed by atoms with van der Waals surface area (Å²) in [5.41, 5.74) is -1.49. The fourth-order valence-electron chi connectivity index (χ4n) is 1.02. The highest BCUT2D eigenvalue weighted by molar-refractivity contribution is 7.85. The molecule has 1 N–H and O–H groups in total. The molecular weight excluding hydrogens is 208 g/mol. The van der Waals surface area contributed by atoms with Gasteiger partial charge in [-0.05, 0) is 13.8 Å². The first-order valence-corrected chi connectivity index (χ1v) is 5.38. The maximum atomic E-state index is 10.7. The molecule has 1 atom stereocenters. The van der Waals surface area contributed by atoms with Crippen LogP contribution in [0, 0.1) is 11.8 Å². The van der Waals surface area contributed by atoms with Gasteiger partial charge in [-0.25, -0.2) is 0 Å². The second-order valence-corrected chi connectivity index (χ2v) is 4.38. The van der Waals surface area contributed by atoms with E-state index in [1.54, 1.807) is 0 Å². The molecule has 5 nitrogen and oxygen atoms in total. The van der Waals surface area contributed by atoms with Gasteiger partial charge < -0.3 is 4.74 Å². The molecule has 0 heterocycles. The molecule has 0 aliphatic carbocycles. The lowest BCUT2D eigenvalue weighted by molar-refractivity contribution is -0.148. The highest BCUT2D eigenvalue weighted by Crippen LogP contribution is 2.12. The number of rotatable bonds is 3. The topological polar surface area (TPSA) is 80.7 Å². The lowest BCUT2D eigenvalue weighted by Crippen LogP contribution is -2.37. The predicted molar refractivity (Wildman–Crippen MR) is 50.0 cm³/mol. The Hall–Kier alpha value is -1.06. The first-order valence-electron chi connectivity index (χ1n) is 3.77. The third-order valence-corrected chi connectivity index (χ3v) is 2.13. The van der Waals surface area contributed by atoms with Crippen molar-refractivity contribution in [3.05, 3.63) is 0 Å². The monoisotopic (exact) mass is 220 g/mol. The Morgan fingerprint density at radius 1 is 1.57 bits per heavy atom. The average Bonchev–Trinajstić information content (AvgIpc) is 1.78. The van der Waals surface area contributed by atoms with E-state index in [9.17, 15) is 13.2 Å². The molecule has 0 amide bonds. The van der Waals surface area contributed by atoms with Crippen molar-refractivity contribution >= 4 is 16.1 Å². The molecule has 0 radical (unpaired) electrons. The summed E-state index contributed by atoms with van der Waals surface area (Å²) >= 11 is 0. The van der Waals surface area contributed by atoms with Crippen molar-refractivity contribution < 1.29 is 22.5 Å². The van der Waals surface area contributed by atoms with Gasteiger partial charge in [-0.2, -0.15) is 8.42 Å². The van der Waals surface area contributed by atoms with Gasteiger partial charge in [0.05, 0.1) is 0 Å². The highest BCUT2D eigenvalue weighted by atomic mass is 32.2. The minimum Gasteiger partial charge on any atom is -0.445 e. The minimum atomic E-state index is -4.23. The maximum Gasteiger partial charge on any atom is 0.304 e. The van der Waals surface area contributed by atoms with Crippen LogP contribution in [0.3, 0.4) is 0 Å². The Morgan fingerprint density at radius 3 is 2.36 bits per heavy atom. The lowest BCUT2D eigenvalue weighted by Gasteiger charge is -2.21. The zero-order valence-corrected chi connectivity index (χ0v) is 9.01. The summed E-state index contributed by atoms with van der Waals surface area (Å²) in [5, 5.41) is 0. The van der Waals surface area contributed by atoms with Crippen LogP contribution in [0.15, 0.2) is 0 Å². The van der Waals surface area contributed by atoms with Crippen molar-refractivity contribution in [2.75, 3.05) is 5.75 Å². The SMILES string of the molecule is CC#CC(C)(CS(=O)(=O)O)OC(C)=O. The standard InChI is InChI=1S/C8H12O5S/c1-4-5-8(3,13-7(2)9)6-14(10,11)12/h6H2,1-3H3,(H,10,11,12). The van der Waals surface area contributed by atoms with Crippen molar-refractivity contribution in [1.29, 1.82) is 0 Å². The molecule has 80 valence electrons.